The Labute approximate surface area is 188 Å². The first-order chi connectivity index (χ1) is 16.2. The van der Waals surface area contributed by atoms with Gasteiger partial charge in [-0.3, -0.25) is 4.98 Å². The fraction of sp³-hybridized carbons (Fsp3) is 0.318. The van der Waals surface area contributed by atoms with E-state index in [1.54, 1.807) is 23.4 Å². The summed E-state index contributed by atoms with van der Waals surface area (Å²) >= 11 is 0. The average molecular weight is 448 g/mol. The molecule has 0 atom stereocenters. The second kappa shape index (κ2) is 9.15. The minimum Gasteiger partial charge on any atom is -0.490 e. The Morgan fingerprint density at radius 1 is 1.06 bits per heavy atom. The van der Waals surface area contributed by atoms with Gasteiger partial charge in [-0.25, -0.2) is 24.5 Å². The number of nitrogens with zero attached hydrogens (tertiary/aromatic N) is 5. The van der Waals surface area contributed by atoms with Crippen molar-refractivity contribution in [3.8, 4) is 5.75 Å². The van der Waals surface area contributed by atoms with Crippen molar-refractivity contribution < 1.29 is 9.53 Å². The smallest absolute Gasteiger partial charge is 0.325 e. The van der Waals surface area contributed by atoms with Gasteiger partial charge in [0, 0.05) is 50.5 Å². The van der Waals surface area contributed by atoms with Crippen molar-refractivity contribution in [2.24, 2.45) is 0 Å². The van der Waals surface area contributed by atoms with E-state index in [-0.39, 0.29) is 11.7 Å². The van der Waals surface area contributed by atoms with E-state index < -0.39 is 0 Å². The van der Waals surface area contributed by atoms with Gasteiger partial charge in [0.15, 0.2) is 11.4 Å². The highest BCUT2D eigenvalue weighted by Crippen LogP contribution is 2.30. The summed E-state index contributed by atoms with van der Waals surface area (Å²) in [7, 11) is 0. The number of nitrogens with one attached hydrogen (secondary N) is 3. The molecule has 11 heteroatoms. The number of anilines is 1. The molecule has 3 aromatic heterocycles. The first-order valence-electron chi connectivity index (χ1n) is 10.9. The minimum absolute atomic E-state index is 0.0876. The summed E-state index contributed by atoms with van der Waals surface area (Å²) in [5, 5.41) is 3.78. The van der Waals surface area contributed by atoms with E-state index in [4.69, 9.17) is 4.74 Å². The lowest BCUT2D eigenvalue weighted by molar-refractivity contribution is 0.193. The molecule has 5 rings (SSSR count). The first-order valence-corrected chi connectivity index (χ1v) is 10.9. The summed E-state index contributed by atoms with van der Waals surface area (Å²) in [4.78, 5) is 46.5. The number of urea groups is 1. The molecule has 170 valence electrons. The lowest BCUT2D eigenvalue weighted by Gasteiger charge is -2.34. The van der Waals surface area contributed by atoms with Gasteiger partial charge in [0.05, 0.1) is 12.1 Å². The molecule has 0 unspecified atom stereocenters. The highest BCUT2D eigenvalue weighted by Gasteiger charge is 2.22. The Balaban J connectivity index is 1.12. The third-order valence-electron chi connectivity index (χ3n) is 5.56. The number of pyridine rings is 1. The summed E-state index contributed by atoms with van der Waals surface area (Å²) in [6.07, 6.45) is 4.06. The molecule has 1 fully saturated rings. The van der Waals surface area contributed by atoms with Crippen LogP contribution in [0.15, 0.2) is 47.5 Å². The van der Waals surface area contributed by atoms with Crippen LogP contribution in [0.2, 0.25) is 0 Å². The lowest BCUT2D eigenvalue weighted by atomic mass is 10.2. The highest BCUT2D eigenvalue weighted by atomic mass is 16.5. The number of H-pyrrole nitrogens is 2. The molecule has 1 saturated heterocycles. The number of carbonyl (C=O) groups excluding carboxylic acids is 1. The zero-order valence-corrected chi connectivity index (χ0v) is 18.0. The van der Waals surface area contributed by atoms with Crippen LogP contribution in [0.1, 0.15) is 6.42 Å². The van der Waals surface area contributed by atoms with Crippen molar-refractivity contribution in [3.05, 3.63) is 53.2 Å². The zero-order chi connectivity index (χ0) is 22.6. The van der Waals surface area contributed by atoms with Gasteiger partial charge in [0.1, 0.15) is 5.52 Å². The monoisotopic (exact) mass is 448 g/mol. The summed E-state index contributed by atoms with van der Waals surface area (Å²) in [5.74, 6) is 1.27. The second-order valence-electron chi connectivity index (χ2n) is 7.72. The zero-order valence-electron chi connectivity index (χ0n) is 18.0. The molecule has 1 aliphatic heterocycles. The molecule has 2 amide bonds. The highest BCUT2D eigenvalue weighted by molar-refractivity contribution is 5.97. The minimum atomic E-state index is -0.330. The summed E-state index contributed by atoms with van der Waals surface area (Å²) < 4.78 is 6.02. The summed E-state index contributed by atoms with van der Waals surface area (Å²) in [6.45, 7) is 3.48. The Morgan fingerprint density at radius 2 is 1.85 bits per heavy atom. The lowest BCUT2D eigenvalue weighted by Crippen LogP contribution is -2.52. The molecule has 0 spiro atoms. The second-order valence-corrected chi connectivity index (χ2v) is 7.72. The molecule has 11 nitrogen and oxygen atoms in total. The Kier molecular flexibility index (Phi) is 5.75. The van der Waals surface area contributed by atoms with Crippen molar-refractivity contribution in [1.82, 2.24) is 35.1 Å². The van der Waals surface area contributed by atoms with E-state index in [0.717, 1.165) is 10.9 Å². The van der Waals surface area contributed by atoms with Gasteiger partial charge in [-0.05, 0) is 24.6 Å². The van der Waals surface area contributed by atoms with Crippen LogP contribution in [-0.2, 0) is 0 Å². The van der Waals surface area contributed by atoms with E-state index in [9.17, 15) is 9.59 Å². The van der Waals surface area contributed by atoms with Crippen LogP contribution in [0.4, 0.5) is 10.7 Å². The third-order valence-corrected chi connectivity index (χ3v) is 5.56. The van der Waals surface area contributed by atoms with Crippen molar-refractivity contribution in [2.75, 3.05) is 44.2 Å². The quantitative estimate of drug-likeness (QED) is 0.381. The third kappa shape index (κ3) is 4.43. The fourth-order valence-electron chi connectivity index (χ4n) is 3.91. The van der Waals surface area contributed by atoms with Crippen molar-refractivity contribution in [1.29, 1.82) is 0 Å². The Hall–Kier alpha value is -4.15. The van der Waals surface area contributed by atoms with Gasteiger partial charge >= 0.3 is 11.7 Å². The molecule has 4 aromatic rings. The molecule has 1 aliphatic rings. The van der Waals surface area contributed by atoms with E-state index in [1.165, 1.54) is 0 Å². The molecule has 3 N–H and O–H groups in total. The van der Waals surface area contributed by atoms with E-state index >= 15 is 0 Å². The standard InChI is InChI=1S/C22H24N8O3/c31-21-27-17-18(15-5-1-2-6-16(15)26-19(17)28-21)33-14-4-9-25-22(32)30-12-10-29(11-13-30)20-23-7-3-8-24-20/h1-3,5-8H,4,9-14H2,(H,25,32)(H2,26,27,28,31). The Bertz CT molecular complexity index is 1310. The van der Waals surface area contributed by atoms with Gasteiger partial charge < -0.3 is 24.8 Å². The first kappa shape index (κ1) is 20.7. The maximum absolute atomic E-state index is 12.5. The van der Waals surface area contributed by atoms with Crippen LogP contribution in [0, 0.1) is 0 Å². The Morgan fingerprint density at radius 3 is 2.67 bits per heavy atom. The van der Waals surface area contributed by atoms with E-state index in [2.05, 4.69) is 35.1 Å². The molecule has 1 aromatic carbocycles. The average Bonchev–Trinajstić information content (AvgIpc) is 3.23. The van der Waals surface area contributed by atoms with Crippen LogP contribution >= 0.6 is 0 Å². The predicted octanol–water partition coefficient (Wildman–Crippen LogP) is 1.50. The van der Waals surface area contributed by atoms with E-state index in [0.29, 0.717) is 68.6 Å². The number of ether oxygens (including phenoxy) is 1. The van der Waals surface area contributed by atoms with Crippen molar-refractivity contribution in [3.63, 3.8) is 0 Å². The fourth-order valence-corrected chi connectivity index (χ4v) is 3.91. The van der Waals surface area contributed by atoms with Gasteiger partial charge in [-0.2, -0.15) is 0 Å². The molecule has 4 heterocycles. The van der Waals surface area contributed by atoms with Gasteiger partial charge in [-0.1, -0.05) is 12.1 Å². The van der Waals surface area contributed by atoms with Crippen molar-refractivity contribution >= 4 is 34.0 Å². The number of piperazine rings is 1. The normalized spacial score (nSPS) is 14.1. The maximum atomic E-state index is 12.5. The van der Waals surface area contributed by atoms with Crippen LogP contribution in [0.3, 0.4) is 0 Å². The number of fused-ring (bicyclic) bond motifs is 2. The van der Waals surface area contributed by atoms with Crippen LogP contribution in [-0.4, -0.2) is 75.2 Å². The molecular formula is C22H24N8O3. The number of hydrogen-bond acceptors (Lipinski definition) is 7. The topological polar surface area (TPSA) is 132 Å². The van der Waals surface area contributed by atoms with E-state index in [1.807, 2.05) is 24.3 Å². The molecule has 0 aliphatic carbocycles. The van der Waals surface area contributed by atoms with Gasteiger partial charge in [0.25, 0.3) is 0 Å². The number of amides is 2. The number of hydrogen-bond donors (Lipinski definition) is 3. The number of aromatic nitrogens is 5. The summed E-state index contributed by atoms with van der Waals surface area (Å²) in [6, 6.07) is 9.26. The number of benzene rings is 1. The number of imidazole rings is 1. The molecule has 0 radical (unpaired) electrons. The maximum Gasteiger partial charge on any atom is 0.325 e. The summed E-state index contributed by atoms with van der Waals surface area (Å²) in [5.41, 5.74) is 1.41. The molecular weight excluding hydrogens is 424 g/mol. The van der Waals surface area contributed by atoms with Crippen LogP contribution in [0.5, 0.6) is 5.75 Å². The molecule has 33 heavy (non-hydrogen) atoms. The number of rotatable bonds is 6. The van der Waals surface area contributed by atoms with Crippen LogP contribution < -0.4 is 20.6 Å². The number of carbonyl (C=O) groups is 1. The number of para-hydroxylation sites is 1. The van der Waals surface area contributed by atoms with Gasteiger partial charge in [0.2, 0.25) is 5.95 Å². The largest absolute Gasteiger partial charge is 0.490 e. The SMILES string of the molecule is O=C(NCCCOc1c2ccccc2nc2[nH]c(=O)[nH]c12)N1CCN(c2ncccn2)CC1. The van der Waals surface area contributed by atoms with Crippen LogP contribution in [0.25, 0.3) is 22.1 Å². The number of aromatic amines is 2. The predicted molar refractivity (Wildman–Crippen MR) is 124 cm³/mol. The van der Waals surface area contributed by atoms with Gasteiger partial charge in [-0.15, -0.1) is 0 Å². The van der Waals surface area contributed by atoms with Crippen molar-refractivity contribution in [2.45, 2.75) is 6.42 Å². The molecule has 0 bridgehead atoms. The molecule has 0 saturated carbocycles.